The molecule has 8 nitrogen and oxygen atoms in total. The van der Waals surface area contributed by atoms with Crippen LogP contribution < -0.4 is 0 Å². The van der Waals surface area contributed by atoms with Gasteiger partial charge in [0.25, 0.3) is 5.91 Å². The van der Waals surface area contributed by atoms with E-state index in [1.54, 1.807) is 12.1 Å². The zero-order chi connectivity index (χ0) is 15.1. The highest BCUT2D eigenvalue weighted by atomic mass is 16.6. The second kappa shape index (κ2) is 4.65. The lowest BCUT2D eigenvalue weighted by molar-refractivity contribution is -0.559. The van der Waals surface area contributed by atoms with Gasteiger partial charge >= 0.3 is 6.17 Å². The third kappa shape index (κ3) is 1.87. The second-order valence-corrected chi connectivity index (χ2v) is 4.85. The number of imide groups is 1. The normalized spacial score (nSPS) is 21.7. The molecule has 1 saturated heterocycles. The third-order valence-corrected chi connectivity index (χ3v) is 3.58. The van der Waals surface area contributed by atoms with E-state index < -0.39 is 28.8 Å². The highest BCUT2D eigenvalue weighted by Gasteiger charge is 2.51. The first-order valence-corrected chi connectivity index (χ1v) is 6.44. The Hall–Kier alpha value is -2.77. The van der Waals surface area contributed by atoms with Crippen molar-refractivity contribution in [2.24, 2.45) is 0 Å². The number of fused-ring (bicyclic) bond motifs is 1. The van der Waals surface area contributed by atoms with Crippen molar-refractivity contribution in [3.05, 3.63) is 45.5 Å². The summed E-state index contributed by atoms with van der Waals surface area (Å²) in [5.74, 6) is -1.87. The second-order valence-electron chi connectivity index (χ2n) is 4.85. The first-order chi connectivity index (χ1) is 10.0. The molecule has 2 aliphatic heterocycles. The van der Waals surface area contributed by atoms with E-state index in [4.69, 9.17) is 0 Å². The lowest BCUT2D eigenvalue weighted by Crippen LogP contribution is -2.54. The van der Waals surface area contributed by atoms with E-state index in [-0.39, 0.29) is 24.0 Å². The van der Waals surface area contributed by atoms with Gasteiger partial charge in [0, 0.05) is 12.8 Å². The van der Waals surface area contributed by atoms with Gasteiger partial charge in [-0.15, -0.1) is 0 Å². The Morgan fingerprint density at radius 3 is 2.33 bits per heavy atom. The lowest BCUT2D eigenvalue weighted by Gasteiger charge is -2.32. The summed E-state index contributed by atoms with van der Waals surface area (Å²) in [6.07, 6.45) is -0.960. The van der Waals surface area contributed by atoms with Gasteiger partial charge in [-0.25, -0.2) is 0 Å². The molecule has 0 unspecified atom stereocenters. The predicted molar refractivity (Wildman–Crippen MR) is 68.1 cm³/mol. The van der Waals surface area contributed by atoms with Gasteiger partial charge in [-0.1, -0.05) is 12.1 Å². The minimum atomic E-state index is -1.54. The summed E-state index contributed by atoms with van der Waals surface area (Å²) in [4.78, 5) is 46.9. The number of hydrogen-bond donors (Lipinski definition) is 0. The molecule has 1 atom stereocenters. The molecule has 3 amide bonds. The fourth-order valence-corrected chi connectivity index (χ4v) is 2.67. The Kier molecular flexibility index (Phi) is 2.93. The van der Waals surface area contributed by atoms with Crippen LogP contribution in [-0.4, -0.2) is 32.7 Å². The minimum Gasteiger partial charge on any atom is -0.273 e. The van der Waals surface area contributed by atoms with Gasteiger partial charge in [-0.3, -0.25) is 24.5 Å². The van der Waals surface area contributed by atoms with Crippen LogP contribution >= 0.6 is 0 Å². The molecule has 0 radical (unpaired) electrons. The first-order valence-electron chi connectivity index (χ1n) is 6.44. The van der Waals surface area contributed by atoms with Crippen LogP contribution in [-0.2, 0) is 9.59 Å². The highest BCUT2D eigenvalue weighted by molar-refractivity contribution is 6.04. The molecular weight excluding hydrogens is 278 g/mol. The number of hydrogen-bond acceptors (Lipinski definition) is 5. The molecule has 1 aromatic rings. The Balaban J connectivity index is 2.10. The zero-order valence-electron chi connectivity index (χ0n) is 10.9. The summed E-state index contributed by atoms with van der Waals surface area (Å²) >= 11 is 0. The summed E-state index contributed by atoms with van der Waals surface area (Å²) in [5, 5.41) is 12.7. The molecule has 0 bridgehead atoms. The van der Waals surface area contributed by atoms with Crippen molar-refractivity contribution in [1.82, 2.24) is 10.0 Å². The number of hydrazine groups is 1. The summed E-state index contributed by atoms with van der Waals surface area (Å²) in [7, 11) is 0. The summed E-state index contributed by atoms with van der Waals surface area (Å²) in [5.41, 5.74) is 0.337. The number of carbonyl (C=O) groups excluding carboxylic acids is 3. The number of rotatable bonds is 2. The Bertz CT molecular complexity index is 656. The van der Waals surface area contributed by atoms with Crippen molar-refractivity contribution in [3.63, 3.8) is 0 Å². The molecule has 0 saturated carbocycles. The number of nitrogens with zero attached hydrogens (tertiary/aromatic N) is 3. The average Bonchev–Trinajstić information content (AvgIpc) is 2.73. The van der Waals surface area contributed by atoms with E-state index in [9.17, 15) is 24.5 Å². The van der Waals surface area contributed by atoms with Crippen molar-refractivity contribution in [2.45, 2.75) is 25.4 Å². The molecule has 21 heavy (non-hydrogen) atoms. The molecule has 2 aliphatic rings. The first kappa shape index (κ1) is 13.2. The fraction of sp³-hybridized carbons (Fsp3) is 0.308. The van der Waals surface area contributed by atoms with Gasteiger partial charge in [0.05, 0.1) is 16.1 Å². The number of nitro groups is 1. The zero-order valence-corrected chi connectivity index (χ0v) is 10.9. The van der Waals surface area contributed by atoms with Gasteiger partial charge < -0.3 is 0 Å². The van der Waals surface area contributed by atoms with Crippen molar-refractivity contribution < 1.29 is 19.3 Å². The number of piperidine rings is 1. The summed E-state index contributed by atoms with van der Waals surface area (Å²) in [6.45, 7) is 0. The van der Waals surface area contributed by atoms with E-state index in [0.717, 1.165) is 0 Å². The van der Waals surface area contributed by atoms with Crippen LogP contribution in [0.5, 0.6) is 0 Å². The van der Waals surface area contributed by atoms with Crippen LogP contribution in [0, 0.1) is 10.1 Å². The molecule has 0 spiro atoms. The van der Waals surface area contributed by atoms with Gasteiger partial charge in [0.1, 0.15) is 0 Å². The quantitative estimate of drug-likeness (QED) is 0.457. The van der Waals surface area contributed by atoms with Gasteiger partial charge in [0.15, 0.2) is 0 Å². The average molecular weight is 289 g/mol. The number of benzene rings is 1. The Morgan fingerprint density at radius 2 is 1.71 bits per heavy atom. The predicted octanol–water partition coefficient (Wildman–Crippen LogP) is 0.872. The Labute approximate surface area is 119 Å². The van der Waals surface area contributed by atoms with E-state index in [0.29, 0.717) is 16.4 Å². The summed E-state index contributed by atoms with van der Waals surface area (Å²) < 4.78 is 0. The van der Waals surface area contributed by atoms with Gasteiger partial charge in [-0.05, 0) is 18.6 Å². The number of carbonyl (C=O) groups is 3. The molecule has 0 aromatic heterocycles. The highest BCUT2D eigenvalue weighted by Crippen LogP contribution is 2.36. The smallest absolute Gasteiger partial charge is 0.273 e. The fourth-order valence-electron chi connectivity index (χ4n) is 2.67. The largest absolute Gasteiger partial charge is 0.333 e. The molecule has 8 heteroatoms. The topological polar surface area (TPSA) is 101 Å². The molecule has 2 heterocycles. The van der Waals surface area contributed by atoms with Gasteiger partial charge in [-0.2, -0.15) is 10.0 Å². The van der Waals surface area contributed by atoms with E-state index in [2.05, 4.69) is 0 Å². The standard InChI is InChI=1S/C13H11N3O5/c17-10-6-3-7-11(18)14(10)15-12(16(20)21)8-4-1-2-5-9(8)13(15)19/h1-2,4-5,12H,3,6-7H2/t12-/m0/s1. The van der Waals surface area contributed by atoms with Crippen LogP contribution in [0.3, 0.4) is 0 Å². The molecule has 3 rings (SSSR count). The molecular formula is C13H11N3O5. The van der Waals surface area contributed by atoms with E-state index in [1.165, 1.54) is 12.1 Å². The van der Waals surface area contributed by atoms with Crippen LogP contribution in [0.1, 0.15) is 41.3 Å². The molecule has 1 fully saturated rings. The number of amides is 3. The maximum absolute atomic E-state index is 12.4. The lowest BCUT2D eigenvalue weighted by atomic mass is 10.1. The van der Waals surface area contributed by atoms with Crippen LogP contribution in [0.15, 0.2) is 24.3 Å². The Morgan fingerprint density at radius 1 is 1.10 bits per heavy atom. The van der Waals surface area contributed by atoms with Crippen LogP contribution in [0.4, 0.5) is 0 Å². The molecule has 108 valence electrons. The van der Waals surface area contributed by atoms with Crippen LogP contribution in [0.25, 0.3) is 0 Å². The van der Waals surface area contributed by atoms with E-state index in [1.807, 2.05) is 0 Å². The minimum absolute atomic E-state index is 0.0936. The SMILES string of the molecule is O=C1CCCC(=O)N1N1C(=O)c2ccccc2[C@@H]1[N+](=O)[O-]. The third-order valence-electron chi connectivity index (χ3n) is 3.58. The van der Waals surface area contributed by atoms with Crippen molar-refractivity contribution in [1.29, 1.82) is 0 Å². The maximum atomic E-state index is 12.4. The summed E-state index contributed by atoms with van der Waals surface area (Å²) in [6, 6.07) is 6.07. The monoisotopic (exact) mass is 289 g/mol. The van der Waals surface area contributed by atoms with Crippen molar-refractivity contribution in [2.75, 3.05) is 0 Å². The van der Waals surface area contributed by atoms with Crippen LogP contribution in [0.2, 0.25) is 0 Å². The van der Waals surface area contributed by atoms with Crippen molar-refractivity contribution in [3.8, 4) is 0 Å². The van der Waals surface area contributed by atoms with Crippen molar-refractivity contribution >= 4 is 17.7 Å². The molecule has 0 N–H and O–H groups in total. The molecule has 0 aliphatic carbocycles. The maximum Gasteiger partial charge on any atom is 0.333 e. The van der Waals surface area contributed by atoms with E-state index >= 15 is 0 Å². The van der Waals surface area contributed by atoms with Gasteiger partial charge in [0.2, 0.25) is 11.8 Å². The molecule has 1 aromatic carbocycles.